The molecule has 0 spiro atoms. The Morgan fingerprint density at radius 1 is 1.05 bits per heavy atom. The molecular weight excluding hydrogens is 250 g/mol. The highest BCUT2D eigenvalue weighted by Gasteiger charge is 2.40. The second-order valence-corrected chi connectivity index (χ2v) is 6.02. The molecule has 0 atom stereocenters. The molecule has 1 aliphatic carbocycles. The summed E-state index contributed by atoms with van der Waals surface area (Å²) in [7, 11) is 0. The maximum atomic E-state index is 11.6. The average Bonchev–Trinajstić information content (AvgIpc) is 2.52. The summed E-state index contributed by atoms with van der Waals surface area (Å²) < 4.78 is 5.50. The third-order valence-corrected chi connectivity index (χ3v) is 4.80. The number of morpholine rings is 1. The van der Waals surface area contributed by atoms with Crippen molar-refractivity contribution in [2.45, 2.75) is 37.6 Å². The van der Waals surface area contributed by atoms with Crippen molar-refractivity contribution >= 4 is 5.78 Å². The highest BCUT2D eigenvalue weighted by molar-refractivity contribution is 5.79. The number of ether oxygens (including phenoxy) is 1. The zero-order valence-electron chi connectivity index (χ0n) is 12.0. The SMILES string of the molecule is O=C1CCC(Cc2ccccc2)(N2CCOCC2)CC1. The molecule has 1 aromatic rings. The van der Waals surface area contributed by atoms with Crippen LogP contribution >= 0.6 is 0 Å². The second-order valence-electron chi connectivity index (χ2n) is 6.02. The summed E-state index contributed by atoms with van der Waals surface area (Å²) in [5.74, 6) is 0.432. The average molecular weight is 273 g/mol. The Bertz CT molecular complexity index is 441. The minimum Gasteiger partial charge on any atom is -0.379 e. The molecule has 2 aliphatic rings. The number of carbonyl (C=O) groups excluding carboxylic acids is 1. The predicted molar refractivity (Wildman–Crippen MR) is 78.7 cm³/mol. The van der Waals surface area contributed by atoms with Gasteiger partial charge in [0.25, 0.3) is 0 Å². The van der Waals surface area contributed by atoms with Crippen molar-refractivity contribution in [3.63, 3.8) is 0 Å². The summed E-state index contributed by atoms with van der Waals surface area (Å²) in [4.78, 5) is 14.2. The van der Waals surface area contributed by atoms with E-state index in [0.29, 0.717) is 5.78 Å². The van der Waals surface area contributed by atoms with Crippen molar-refractivity contribution < 1.29 is 9.53 Å². The number of Topliss-reactive ketones (excluding diaryl/α,β-unsaturated/α-hetero) is 1. The van der Waals surface area contributed by atoms with Crippen LogP contribution in [-0.4, -0.2) is 42.5 Å². The molecule has 1 aromatic carbocycles. The minimum atomic E-state index is 0.166. The van der Waals surface area contributed by atoms with Gasteiger partial charge in [0.15, 0.2) is 0 Å². The van der Waals surface area contributed by atoms with Crippen molar-refractivity contribution in [2.75, 3.05) is 26.3 Å². The number of rotatable bonds is 3. The first kappa shape index (κ1) is 13.8. The fourth-order valence-corrected chi connectivity index (χ4v) is 3.61. The Morgan fingerprint density at radius 2 is 1.70 bits per heavy atom. The normalized spacial score (nSPS) is 23.7. The van der Waals surface area contributed by atoms with Crippen molar-refractivity contribution in [3.8, 4) is 0 Å². The van der Waals surface area contributed by atoms with Crippen LogP contribution < -0.4 is 0 Å². The van der Waals surface area contributed by atoms with Crippen LogP contribution in [0.15, 0.2) is 30.3 Å². The van der Waals surface area contributed by atoms with Crippen LogP contribution in [0.4, 0.5) is 0 Å². The number of benzene rings is 1. The molecule has 0 bridgehead atoms. The van der Waals surface area contributed by atoms with Gasteiger partial charge in [-0.05, 0) is 24.8 Å². The molecule has 0 unspecified atom stereocenters. The fraction of sp³-hybridized carbons (Fsp3) is 0.588. The number of hydrogen-bond acceptors (Lipinski definition) is 3. The largest absolute Gasteiger partial charge is 0.379 e. The van der Waals surface area contributed by atoms with E-state index < -0.39 is 0 Å². The van der Waals surface area contributed by atoms with E-state index in [1.807, 2.05) is 0 Å². The Labute approximate surface area is 120 Å². The number of hydrogen-bond donors (Lipinski definition) is 0. The van der Waals surface area contributed by atoms with Crippen LogP contribution in [0.1, 0.15) is 31.2 Å². The lowest BCUT2D eigenvalue weighted by molar-refractivity contribution is -0.124. The molecule has 1 saturated carbocycles. The van der Waals surface area contributed by atoms with Gasteiger partial charge in [-0.1, -0.05) is 30.3 Å². The third-order valence-electron chi connectivity index (χ3n) is 4.80. The molecule has 108 valence electrons. The molecule has 0 radical (unpaired) electrons. The molecule has 3 heteroatoms. The van der Waals surface area contributed by atoms with E-state index in [2.05, 4.69) is 35.2 Å². The van der Waals surface area contributed by atoms with Gasteiger partial charge in [-0.15, -0.1) is 0 Å². The van der Waals surface area contributed by atoms with Crippen molar-refractivity contribution in [2.24, 2.45) is 0 Å². The topological polar surface area (TPSA) is 29.5 Å². The van der Waals surface area contributed by atoms with Gasteiger partial charge in [0.2, 0.25) is 0 Å². The van der Waals surface area contributed by atoms with E-state index in [1.165, 1.54) is 5.56 Å². The lowest BCUT2D eigenvalue weighted by Gasteiger charge is -2.48. The quantitative estimate of drug-likeness (QED) is 0.847. The van der Waals surface area contributed by atoms with E-state index >= 15 is 0 Å². The van der Waals surface area contributed by atoms with Gasteiger partial charge in [0.1, 0.15) is 5.78 Å². The number of carbonyl (C=O) groups is 1. The lowest BCUT2D eigenvalue weighted by Crippen LogP contribution is -2.56. The van der Waals surface area contributed by atoms with Crippen LogP contribution in [0.25, 0.3) is 0 Å². The Morgan fingerprint density at radius 3 is 2.35 bits per heavy atom. The van der Waals surface area contributed by atoms with E-state index in [1.54, 1.807) is 0 Å². The summed E-state index contributed by atoms with van der Waals surface area (Å²) in [6.45, 7) is 3.65. The van der Waals surface area contributed by atoms with Crippen molar-refractivity contribution in [3.05, 3.63) is 35.9 Å². The molecule has 2 fully saturated rings. The Kier molecular flexibility index (Phi) is 4.18. The summed E-state index contributed by atoms with van der Waals surface area (Å²) in [5, 5.41) is 0. The second kappa shape index (κ2) is 6.06. The smallest absolute Gasteiger partial charge is 0.133 e. The molecular formula is C17H23NO2. The van der Waals surface area contributed by atoms with Gasteiger partial charge in [-0.3, -0.25) is 9.69 Å². The summed E-state index contributed by atoms with van der Waals surface area (Å²) in [6.07, 6.45) is 4.54. The van der Waals surface area contributed by atoms with Gasteiger partial charge < -0.3 is 4.74 Å². The van der Waals surface area contributed by atoms with Gasteiger partial charge in [0.05, 0.1) is 13.2 Å². The van der Waals surface area contributed by atoms with Crippen molar-refractivity contribution in [1.82, 2.24) is 4.90 Å². The van der Waals surface area contributed by atoms with Gasteiger partial charge in [-0.2, -0.15) is 0 Å². The van der Waals surface area contributed by atoms with Crippen LogP contribution in [-0.2, 0) is 16.0 Å². The van der Waals surface area contributed by atoms with Crippen LogP contribution in [0.3, 0.4) is 0 Å². The molecule has 1 aliphatic heterocycles. The zero-order chi connectivity index (χ0) is 13.8. The number of nitrogens with zero attached hydrogens (tertiary/aromatic N) is 1. The number of ketones is 1. The molecule has 20 heavy (non-hydrogen) atoms. The van der Waals surface area contributed by atoms with Crippen LogP contribution in [0, 0.1) is 0 Å². The summed E-state index contributed by atoms with van der Waals surface area (Å²) in [6, 6.07) is 10.7. The monoisotopic (exact) mass is 273 g/mol. The molecule has 1 heterocycles. The van der Waals surface area contributed by atoms with E-state index in [0.717, 1.165) is 58.4 Å². The molecule has 0 N–H and O–H groups in total. The van der Waals surface area contributed by atoms with Gasteiger partial charge in [0, 0.05) is 31.5 Å². The highest BCUT2D eigenvalue weighted by Crippen LogP contribution is 2.36. The highest BCUT2D eigenvalue weighted by atomic mass is 16.5. The minimum absolute atomic E-state index is 0.166. The van der Waals surface area contributed by atoms with Crippen LogP contribution in [0.5, 0.6) is 0 Å². The molecule has 1 saturated heterocycles. The molecule has 0 amide bonds. The van der Waals surface area contributed by atoms with E-state index in [4.69, 9.17) is 4.74 Å². The first-order chi connectivity index (χ1) is 9.78. The van der Waals surface area contributed by atoms with Gasteiger partial charge >= 0.3 is 0 Å². The van der Waals surface area contributed by atoms with Crippen molar-refractivity contribution in [1.29, 1.82) is 0 Å². The molecule has 0 aromatic heterocycles. The fourth-order valence-electron chi connectivity index (χ4n) is 3.61. The third kappa shape index (κ3) is 2.94. The molecule has 3 nitrogen and oxygen atoms in total. The predicted octanol–water partition coefficient (Wildman–Crippen LogP) is 2.44. The summed E-state index contributed by atoms with van der Waals surface area (Å²) in [5.41, 5.74) is 1.55. The standard InChI is InChI=1S/C17H23NO2/c19-16-6-8-17(9-7-16,18-10-12-20-13-11-18)14-15-4-2-1-3-5-15/h1-5H,6-14H2. The van der Waals surface area contributed by atoms with Crippen LogP contribution in [0.2, 0.25) is 0 Å². The zero-order valence-corrected chi connectivity index (χ0v) is 12.0. The Hall–Kier alpha value is -1.19. The Balaban J connectivity index is 1.81. The van der Waals surface area contributed by atoms with E-state index in [9.17, 15) is 4.79 Å². The first-order valence-corrected chi connectivity index (χ1v) is 7.67. The molecule has 3 rings (SSSR count). The first-order valence-electron chi connectivity index (χ1n) is 7.67. The maximum absolute atomic E-state index is 11.6. The van der Waals surface area contributed by atoms with Gasteiger partial charge in [-0.25, -0.2) is 0 Å². The van der Waals surface area contributed by atoms with E-state index in [-0.39, 0.29) is 5.54 Å². The maximum Gasteiger partial charge on any atom is 0.133 e. The summed E-state index contributed by atoms with van der Waals surface area (Å²) >= 11 is 0. The lowest BCUT2D eigenvalue weighted by atomic mass is 9.75.